The Labute approximate surface area is 111 Å². The Kier molecular flexibility index (Phi) is 6.79. The van der Waals surface area contributed by atoms with Gasteiger partial charge in [0.25, 0.3) is 0 Å². The molecular weight excluding hydrogens is 349 g/mol. The number of benzene rings is 1. The van der Waals surface area contributed by atoms with Crippen molar-refractivity contribution >= 4 is 44.3 Å². The highest BCUT2D eigenvalue weighted by atomic mass is 79.9. The number of halogens is 3. The van der Waals surface area contributed by atoms with Crippen molar-refractivity contribution in [1.82, 2.24) is 0 Å². The van der Waals surface area contributed by atoms with Gasteiger partial charge in [0.15, 0.2) is 0 Å². The van der Waals surface area contributed by atoms with Gasteiger partial charge in [0.05, 0.1) is 15.6 Å². The molecule has 0 aliphatic heterocycles. The van der Waals surface area contributed by atoms with Crippen molar-refractivity contribution in [3.8, 4) is 5.75 Å². The van der Waals surface area contributed by atoms with E-state index in [1.165, 1.54) is 0 Å². The summed E-state index contributed by atoms with van der Waals surface area (Å²) in [6, 6.07) is 3.31. The first-order valence-electron chi connectivity index (χ1n) is 4.08. The van der Waals surface area contributed by atoms with Gasteiger partial charge in [0.2, 0.25) is 0 Å². The monoisotopic (exact) mass is 359 g/mol. The Morgan fingerprint density at radius 1 is 1.27 bits per heavy atom. The van der Waals surface area contributed by atoms with Crippen LogP contribution in [0.3, 0.4) is 0 Å². The van der Waals surface area contributed by atoms with Crippen LogP contribution in [-0.2, 0) is 6.42 Å². The van der Waals surface area contributed by atoms with E-state index in [4.69, 9.17) is 10.8 Å². The first kappa shape index (κ1) is 15.2. The molecule has 0 heterocycles. The molecule has 0 amide bonds. The van der Waals surface area contributed by atoms with Gasteiger partial charge in [-0.05, 0) is 56.0 Å². The topological polar surface area (TPSA) is 66.5 Å². The number of hydrogen-bond acceptors (Lipinski definition) is 3. The number of phenolic OH excluding ortho intramolecular Hbond substituents is 1. The zero-order valence-electron chi connectivity index (χ0n) is 7.78. The van der Waals surface area contributed by atoms with E-state index < -0.39 is 0 Å². The second-order valence-corrected chi connectivity index (χ2v) is 4.76. The van der Waals surface area contributed by atoms with E-state index in [-0.39, 0.29) is 30.8 Å². The van der Waals surface area contributed by atoms with Gasteiger partial charge in [-0.15, -0.1) is 12.4 Å². The van der Waals surface area contributed by atoms with E-state index in [0.29, 0.717) is 15.4 Å². The lowest BCUT2D eigenvalue weighted by Gasteiger charge is -2.09. The molecule has 0 aromatic heterocycles. The molecule has 6 heteroatoms. The number of aromatic hydroxyl groups is 1. The summed E-state index contributed by atoms with van der Waals surface area (Å²) < 4.78 is 1.24. The highest BCUT2D eigenvalue weighted by molar-refractivity contribution is 9.11. The van der Waals surface area contributed by atoms with Crippen molar-refractivity contribution in [2.24, 2.45) is 5.73 Å². The number of rotatable bonds is 3. The van der Waals surface area contributed by atoms with Crippen LogP contribution in [0.5, 0.6) is 5.75 Å². The van der Waals surface area contributed by atoms with Crippen LogP contribution < -0.4 is 5.73 Å². The van der Waals surface area contributed by atoms with Crippen molar-refractivity contribution in [3.63, 3.8) is 0 Å². The van der Waals surface area contributed by atoms with Crippen molar-refractivity contribution in [2.75, 3.05) is 6.61 Å². The fourth-order valence-electron chi connectivity index (χ4n) is 1.10. The first-order valence-corrected chi connectivity index (χ1v) is 5.66. The Bertz CT molecular complexity index is 313. The van der Waals surface area contributed by atoms with Crippen LogP contribution in [0.1, 0.15) is 5.56 Å². The number of phenols is 1. The lowest BCUT2D eigenvalue weighted by Crippen LogP contribution is -2.26. The maximum atomic E-state index is 9.45. The molecule has 0 fully saturated rings. The largest absolute Gasteiger partial charge is 0.506 e. The third-order valence-corrected chi connectivity index (χ3v) is 3.02. The van der Waals surface area contributed by atoms with E-state index in [1.807, 2.05) is 0 Å². The molecule has 0 saturated carbocycles. The van der Waals surface area contributed by atoms with Gasteiger partial charge in [-0.1, -0.05) is 0 Å². The highest BCUT2D eigenvalue weighted by Gasteiger charge is 2.08. The molecule has 0 radical (unpaired) electrons. The molecule has 1 unspecified atom stereocenters. The average Bonchev–Trinajstić information content (AvgIpc) is 2.14. The second-order valence-electron chi connectivity index (χ2n) is 3.05. The van der Waals surface area contributed by atoms with E-state index in [0.717, 1.165) is 5.56 Å². The average molecular weight is 361 g/mol. The van der Waals surface area contributed by atoms with Gasteiger partial charge in [-0.3, -0.25) is 0 Å². The number of aliphatic hydroxyl groups excluding tert-OH is 1. The van der Waals surface area contributed by atoms with E-state index in [9.17, 15) is 5.11 Å². The molecule has 1 aromatic rings. The summed E-state index contributed by atoms with van der Waals surface area (Å²) in [7, 11) is 0. The van der Waals surface area contributed by atoms with Crippen LogP contribution in [0, 0.1) is 0 Å². The predicted molar refractivity (Wildman–Crippen MR) is 69.5 cm³/mol. The maximum Gasteiger partial charge on any atom is 0.143 e. The van der Waals surface area contributed by atoms with Gasteiger partial charge in [0.1, 0.15) is 5.75 Å². The Balaban J connectivity index is 0.00000196. The fourth-order valence-corrected chi connectivity index (χ4v) is 2.38. The van der Waals surface area contributed by atoms with Crippen LogP contribution >= 0.6 is 44.3 Å². The number of hydrogen-bond donors (Lipinski definition) is 3. The summed E-state index contributed by atoms with van der Waals surface area (Å²) in [4.78, 5) is 0. The lowest BCUT2D eigenvalue weighted by molar-refractivity contribution is 0.265. The fraction of sp³-hybridized carbons (Fsp3) is 0.333. The molecule has 86 valence electrons. The third kappa shape index (κ3) is 4.28. The quantitative estimate of drug-likeness (QED) is 0.773. The van der Waals surface area contributed by atoms with E-state index in [1.54, 1.807) is 12.1 Å². The predicted octanol–water partition coefficient (Wildman–Crippen LogP) is 2.20. The summed E-state index contributed by atoms with van der Waals surface area (Å²) >= 11 is 6.45. The maximum absolute atomic E-state index is 9.45. The normalized spacial score (nSPS) is 12.0. The molecular formula is C9H12Br2ClNO2. The van der Waals surface area contributed by atoms with Crippen molar-refractivity contribution in [1.29, 1.82) is 0 Å². The number of nitrogens with two attached hydrogens (primary N) is 1. The van der Waals surface area contributed by atoms with E-state index in [2.05, 4.69) is 31.9 Å². The minimum atomic E-state index is -0.265. The van der Waals surface area contributed by atoms with E-state index >= 15 is 0 Å². The zero-order valence-corrected chi connectivity index (χ0v) is 11.8. The van der Waals surface area contributed by atoms with Crippen LogP contribution in [0.2, 0.25) is 0 Å². The smallest absolute Gasteiger partial charge is 0.143 e. The molecule has 0 aliphatic rings. The summed E-state index contributed by atoms with van der Waals surface area (Å²) in [5, 5.41) is 18.2. The molecule has 0 spiro atoms. The molecule has 1 rings (SSSR count). The third-order valence-electron chi connectivity index (χ3n) is 1.81. The molecule has 0 saturated heterocycles. The molecule has 1 aromatic carbocycles. The Morgan fingerprint density at radius 3 is 2.13 bits per heavy atom. The minimum Gasteiger partial charge on any atom is -0.506 e. The van der Waals surface area contributed by atoms with Crippen LogP contribution in [0.4, 0.5) is 0 Å². The molecule has 4 N–H and O–H groups in total. The van der Waals surface area contributed by atoms with Crippen LogP contribution in [0.15, 0.2) is 21.1 Å². The molecule has 0 bridgehead atoms. The summed E-state index contributed by atoms with van der Waals surface area (Å²) in [6.45, 7) is -0.0455. The lowest BCUT2D eigenvalue weighted by atomic mass is 10.1. The van der Waals surface area contributed by atoms with Crippen molar-refractivity contribution in [2.45, 2.75) is 12.5 Å². The minimum absolute atomic E-state index is 0. The van der Waals surface area contributed by atoms with Crippen LogP contribution in [0.25, 0.3) is 0 Å². The zero-order chi connectivity index (χ0) is 10.7. The Hall–Kier alpha value is 0.190. The Morgan fingerprint density at radius 2 is 1.73 bits per heavy atom. The van der Waals surface area contributed by atoms with Crippen LogP contribution in [-0.4, -0.2) is 22.9 Å². The van der Waals surface area contributed by atoms with Gasteiger partial charge >= 0.3 is 0 Å². The number of aliphatic hydroxyl groups is 1. The van der Waals surface area contributed by atoms with Gasteiger partial charge < -0.3 is 15.9 Å². The summed E-state index contributed by atoms with van der Waals surface area (Å²) in [5.41, 5.74) is 6.56. The van der Waals surface area contributed by atoms with Gasteiger partial charge in [-0.25, -0.2) is 0 Å². The summed E-state index contributed by atoms with van der Waals surface area (Å²) in [6.07, 6.45) is 0.577. The molecule has 1 atom stereocenters. The second kappa shape index (κ2) is 6.70. The first-order chi connectivity index (χ1) is 6.54. The van der Waals surface area contributed by atoms with Crippen molar-refractivity contribution in [3.05, 3.63) is 26.6 Å². The molecule has 15 heavy (non-hydrogen) atoms. The molecule has 3 nitrogen and oxygen atoms in total. The SMILES string of the molecule is Cl.NC(CO)Cc1cc(Br)c(O)c(Br)c1. The summed E-state index contributed by atoms with van der Waals surface area (Å²) in [5.74, 6) is 0.173. The highest BCUT2D eigenvalue weighted by Crippen LogP contribution is 2.33. The van der Waals surface area contributed by atoms with Crippen molar-refractivity contribution < 1.29 is 10.2 Å². The van der Waals surface area contributed by atoms with Gasteiger partial charge in [-0.2, -0.15) is 0 Å². The standard InChI is InChI=1S/C9H11Br2NO2.ClH/c10-7-2-5(1-6(12)4-13)3-8(11)9(7)14;/h2-3,6,13-14H,1,4,12H2;1H. The molecule has 0 aliphatic carbocycles. The van der Waals surface area contributed by atoms with Gasteiger partial charge in [0, 0.05) is 6.04 Å².